The van der Waals surface area contributed by atoms with Crippen LogP contribution in [0.5, 0.6) is 0 Å². The summed E-state index contributed by atoms with van der Waals surface area (Å²) in [6.45, 7) is 2.16. The zero-order valence-electron chi connectivity index (χ0n) is 6.42. The van der Waals surface area contributed by atoms with Gasteiger partial charge in [0.05, 0.1) is 0 Å². The summed E-state index contributed by atoms with van der Waals surface area (Å²) in [6.07, 6.45) is 3.66. The Morgan fingerprint density at radius 1 is 1.30 bits per heavy atom. The number of rotatable bonds is 6. The molecule has 0 unspecified atom stereocenters. The first-order chi connectivity index (χ1) is 4.77. The molecule has 0 aliphatic carbocycles. The minimum atomic E-state index is -1.13. The van der Waals surface area contributed by atoms with E-state index in [1.807, 2.05) is 0 Å². The Morgan fingerprint density at radius 3 is 2.50 bits per heavy atom. The van der Waals surface area contributed by atoms with Gasteiger partial charge in [-0.3, -0.25) is 0 Å². The van der Waals surface area contributed by atoms with Gasteiger partial charge >= 0.3 is 7.12 Å². The molecule has 0 amide bonds. The molecule has 0 spiro atoms. The van der Waals surface area contributed by atoms with Gasteiger partial charge in [0.2, 0.25) is 0 Å². The Kier molecular flexibility index (Phi) is 7.69. The van der Waals surface area contributed by atoms with Gasteiger partial charge in [0.25, 0.3) is 0 Å². The lowest BCUT2D eigenvalue weighted by molar-refractivity contribution is 0.415. The highest BCUT2D eigenvalue weighted by Crippen LogP contribution is 2.05. The first kappa shape index (κ1) is 10.3. The van der Waals surface area contributed by atoms with Gasteiger partial charge in [0.1, 0.15) is 0 Å². The highest BCUT2D eigenvalue weighted by Gasteiger charge is 2.04. The minimum absolute atomic E-state index is 0.448. The minimum Gasteiger partial charge on any atom is -0.427 e. The lowest BCUT2D eigenvalue weighted by Crippen LogP contribution is -2.14. The highest BCUT2D eigenvalue weighted by molar-refractivity contribution is 8.00. The smallest absolute Gasteiger partial charge is 0.427 e. The number of unbranched alkanes of at least 4 members (excludes halogenated alkanes) is 2. The molecular formula is C6H15BO2S. The van der Waals surface area contributed by atoms with E-state index in [1.54, 1.807) is 11.8 Å². The number of thioether (sulfide) groups is 1. The van der Waals surface area contributed by atoms with E-state index in [9.17, 15) is 0 Å². The van der Waals surface area contributed by atoms with Crippen molar-refractivity contribution < 1.29 is 10.0 Å². The summed E-state index contributed by atoms with van der Waals surface area (Å²) in [7, 11) is -1.13. The maximum atomic E-state index is 8.44. The molecule has 0 rings (SSSR count). The molecule has 10 heavy (non-hydrogen) atoms. The van der Waals surface area contributed by atoms with E-state index >= 15 is 0 Å². The van der Waals surface area contributed by atoms with Gasteiger partial charge in [-0.25, -0.2) is 0 Å². The fraction of sp³-hybridized carbons (Fsp3) is 1.00. The van der Waals surface area contributed by atoms with Gasteiger partial charge < -0.3 is 10.0 Å². The Morgan fingerprint density at radius 2 is 2.00 bits per heavy atom. The number of hydrogen-bond donors (Lipinski definition) is 2. The summed E-state index contributed by atoms with van der Waals surface area (Å²) in [5.74, 6) is 1.05. The molecule has 2 N–H and O–H groups in total. The van der Waals surface area contributed by atoms with Crippen molar-refractivity contribution in [3.63, 3.8) is 0 Å². The van der Waals surface area contributed by atoms with Gasteiger partial charge in [0, 0.05) is 5.65 Å². The zero-order chi connectivity index (χ0) is 7.82. The standard InChI is InChI=1S/C6H15BO2S/c1-2-3-4-5-10-6-7(8)9/h8-9H,2-6H2,1H3. The molecule has 0 radical (unpaired) electrons. The van der Waals surface area contributed by atoms with Crippen LogP contribution in [-0.2, 0) is 0 Å². The van der Waals surface area contributed by atoms with Crippen LogP contribution in [0.15, 0.2) is 0 Å². The van der Waals surface area contributed by atoms with E-state index < -0.39 is 7.12 Å². The molecule has 0 fully saturated rings. The van der Waals surface area contributed by atoms with Crippen molar-refractivity contribution >= 4 is 18.9 Å². The largest absolute Gasteiger partial charge is 0.461 e. The molecule has 0 aromatic heterocycles. The van der Waals surface area contributed by atoms with Gasteiger partial charge in [-0.05, 0) is 12.2 Å². The van der Waals surface area contributed by atoms with Gasteiger partial charge in [-0.1, -0.05) is 19.8 Å². The molecule has 0 aromatic rings. The summed E-state index contributed by atoms with van der Waals surface area (Å²) >= 11 is 1.60. The van der Waals surface area contributed by atoms with Gasteiger partial charge in [0.15, 0.2) is 0 Å². The topological polar surface area (TPSA) is 40.5 Å². The van der Waals surface area contributed by atoms with Gasteiger partial charge in [-0.2, -0.15) is 11.8 Å². The van der Waals surface area contributed by atoms with Crippen LogP contribution >= 0.6 is 11.8 Å². The molecule has 60 valence electrons. The lowest BCUT2D eigenvalue weighted by Gasteiger charge is -1.98. The van der Waals surface area contributed by atoms with E-state index in [2.05, 4.69) is 6.92 Å². The second-order valence-electron chi connectivity index (χ2n) is 2.26. The predicted octanol–water partition coefficient (Wildman–Crippen LogP) is 0.922. The van der Waals surface area contributed by atoms with Crippen molar-refractivity contribution in [2.24, 2.45) is 0 Å². The van der Waals surface area contributed by atoms with E-state index in [-0.39, 0.29) is 0 Å². The quantitative estimate of drug-likeness (QED) is 0.450. The van der Waals surface area contributed by atoms with E-state index in [4.69, 9.17) is 10.0 Å². The van der Waals surface area contributed by atoms with Crippen molar-refractivity contribution in [1.29, 1.82) is 0 Å². The second-order valence-corrected chi connectivity index (χ2v) is 3.41. The zero-order valence-corrected chi connectivity index (χ0v) is 7.23. The Balaban J connectivity index is 2.77. The molecule has 0 aromatic carbocycles. The third-order valence-electron chi connectivity index (χ3n) is 1.16. The average molecular weight is 162 g/mol. The van der Waals surface area contributed by atoms with Crippen LogP contribution in [0.25, 0.3) is 0 Å². The van der Waals surface area contributed by atoms with E-state index in [0.717, 1.165) is 5.75 Å². The third-order valence-corrected chi connectivity index (χ3v) is 2.27. The SMILES string of the molecule is CCCCCSCB(O)O. The normalized spacial score (nSPS) is 9.90. The maximum absolute atomic E-state index is 8.44. The second kappa shape index (κ2) is 7.44. The molecule has 2 nitrogen and oxygen atoms in total. The molecule has 0 bridgehead atoms. The van der Waals surface area contributed by atoms with Crippen molar-refractivity contribution in [2.75, 3.05) is 11.4 Å². The van der Waals surface area contributed by atoms with E-state index in [1.165, 1.54) is 19.3 Å². The fourth-order valence-corrected chi connectivity index (χ4v) is 1.43. The summed E-state index contributed by atoms with van der Waals surface area (Å²) in [5.41, 5.74) is 0.448. The van der Waals surface area contributed by atoms with Crippen LogP contribution < -0.4 is 0 Å². The molecule has 0 aliphatic heterocycles. The van der Waals surface area contributed by atoms with Crippen molar-refractivity contribution in [3.8, 4) is 0 Å². The predicted molar refractivity (Wildman–Crippen MR) is 47.0 cm³/mol. The molecule has 0 heterocycles. The Hall–Kier alpha value is 0.335. The summed E-state index contributed by atoms with van der Waals surface area (Å²) in [4.78, 5) is 0. The fourth-order valence-electron chi connectivity index (χ4n) is 0.643. The van der Waals surface area contributed by atoms with Crippen LogP contribution in [0, 0.1) is 0 Å². The lowest BCUT2D eigenvalue weighted by atomic mass is 9.98. The van der Waals surface area contributed by atoms with Crippen LogP contribution in [-0.4, -0.2) is 28.6 Å². The van der Waals surface area contributed by atoms with Gasteiger partial charge in [-0.15, -0.1) is 0 Å². The van der Waals surface area contributed by atoms with Crippen LogP contribution in [0.4, 0.5) is 0 Å². The molecule has 0 atom stereocenters. The molecule has 0 saturated carbocycles. The molecule has 0 aliphatic rings. The average Bonchev–Trinajstić information content (AvgIpc) is 1.87. The summed E-state index contributed by atoms with van der Waals surface area (Å²) < 4.78 is 0. The first-order valence-electron chi connectivity index (χ1n) is 3.71. The monoisotopic (exact) mass is 162 g/mol. The summed E-state index contributed by atoms with van der Waals surface area (Å²) in [5, 5.41) is 16.9. The summed E-state index contributed by atoms with van der Waals surface area (Å²) in [6, 6.07) is 0. The Labute approximate surface area is 67.2 Å². The van der Waals surface area contributed by atoms with Crippen molar-refractivity contribution in [1.82, 2.24) is 0 Å². The van der Waals surface area contributed by atoms with Crippen LogP contribution in [0.2, 0.25) is 0 Å². The van der Waals surface area contributed by atoms with Crippen molar-refractivity contribution in [2.45, 2.75) is 26.2 Å². The van der Waals surface area contributed by atoms with E-state index in [0.29, 0.717) is 5.65 Å². The highest BCUT2D eigenvalue weighted by atomic mass is 32.2. The molecule has 0 saturated heterocycles. The Bertz CT molecular complexity index is 70.8. The first-order valence-corrected chi connectivity index (χ1v) is 4.86. The molecule has 4 heteroatoms. The van der Waals surface area contributed by atoms with Crippen molar-refractivity contribution in [3.05, 3.63) is 0 Å². The van der Waals surface area contributed by atoms with Crippen LogP contribution in [0.1, 0.15) is 26.2 Å². The maximum Gasteiger partial charge on any atom is 0.461 e. The van der Waals surface area contributed by atoms with Crippen LogP contribution in [0.3, 0.4) is 0 Å². The third kappa shape index (κ3) is 8.33. The number of hydrogen-bond acceptors (Lipinski definition) is 3. The molecular weight excluding hydrogens is 147 g/mol.